The maximum Gasteiger partial charge on any atom is 0.358 e. The third-order valence-electron chi connectivity index (χ3n) is 6.24. The average molecular weight is 506 g/mol. The van der Waals surface area contributed by atoms with Gasteiger partial charge in [0, 0.05) is 17.7 Å². The van der Waals surface area contributed by atoms with Crippen molar-refractivity contribution in [2.75, 3.05) is 13.4 Å². The Hall–Kier alpha value is -3.09. The molecule has 1 fully saturated rings. The summed E-state index contributed by atoms with van der Waals surface area (Å²) in [5.74, 6) is -3.33. The van der Waals surface area contributed by atoms with E-state index < -0.39 is 60.5 Å². The third-order valence-corrected chi connectivity index (χ3v) is 7.39. The van der Waals surface area contributed by atoms with Crippen molar-refractivity contribution >= 4 is 45.4 Å². The van der Waals surface area contributed by atoms with Crippen molar-refractivity contribution in [1.82, 2.24) is 14.3 Å². The molecule has 0 spiro atoms. The van der Waals surface area contributed by atoms with Gasteiger partial charge in [-0.15, -0.1) is 11.3 Å². The average Bonchev–Trinajstić information content (AvgIpc) is 3.41. The Labute approximate surface area is 204 Å². The standard InChI is InChI=1S/C23H27N3O8S/c1-10-14(13-6-25-8-24-16(12(29)7-27)20(25)35-13)18(26-17(10)15(11(2)28)19(26)30)21(31)33-9-34-22(32)23(3,4)5/h6,8,10-11,15,17,27-28H,7,9H2,1-5H3/t10-,11+,15+,17+/m0/s1. The number of ether oxygens (including phenoxy) is 2. The number of carbonyl (C=O) groups excluding carboxylic acids is 4. The molecule has 4 heterocycles. The molecule has 4 rings (SSSR count). The van der Waals surface area contributed by atoms with Gasteiger partial charge in [-0.2, -0.15) is 0 Å². The number of carbonyl (C=O) groups is 4. The van der Waals surface area contributed by atoms with Gasteiger partial charge in [0.25, 0.3) is 0 Å². The summed E-state index contributed by atoms with van der Waals surface area (Å²) < 4.78 is 11.9. The van der Waals surface area contributed by atoms with Crippen molar-refractivity contribution in [3.8, 4) is 0 Å². The molecular weight excluding hydrogens is 478 g/mol. The maximum absolute atomic E-state index is 13.2. The molecular formula is C23H27N3O8S. The number of nitrogens with zero attached hydrogens (tertiary/aromatic N) is 3. The van der Waals surface area contributed by atoms with E-state index in [1.807, 2.05) is 6.92 Å². The van der Waals surface area contributed by atoms with Gasteiger partial charge >= 0.3 is 11.9 Å². The number of thiazole rings is 1. The van der Waals surface area contributed by atoms with E-state index in [1.54, 1.807) is 31.4 Å². The highest BCUT2D eigenvalue weighted by Gasteiger charge is 2.60. The number of aliphatic hydroxyl groups is 2. The molecule has 0 saturated carbocycles. The fraction of sp³-hybridized carbons (Fsp3) is 0.522. The van der Waals surface area contributed by atoms with Crippen molar-refractivity contribution < 1.29 is 38.9 Å². The molecule has 2 aliphatic heterocycles. The van der Waals surface area contributed by atoms with Gasteiger partial charge in [-0.05, 0) is 27.7 Å². The van der Waals surface area contributed by atoms with Gasteiger partial charge < -0.3 is 24.6 Å². The first-order chi connectivity index (χ1) is 16.4. The first-order valence-corrected chi connectivity index (χ1v) is 11.9. The van der Waals surface area contributed by atoms with Crippen LogP contribution in [0.3, 0.4) is 0 Å². The summed E-state index contributed by atoms with van der Waals surface area (Å²) >= 11 is 1.19. The summed E-state index contributed by atoms with van der Waals surface area (Å²) in [6.45, 7) is 7.07. The SMILES string of the molecule is C[C@@H](O)[C@H]1C(=O)N2C(C(=O)OCOC(=O)C(C)(C)C)=C(c3cn4cnc(C(=O)CO)c4s3)[C@H](C)[C@H]12. The molecule has 0 bridgehead atoms. The molecule has 12 heteroatoms. The van der Waals surface area contributed by atoms with Crippen LogP contribution in [-0.2, 0) is 23.9 Å². The minimum Gasteiger partial charge on any atom is -0.427 e. The number of hydrogen-bond donors (Lipinski definition) is 2. The summed E-state index contributed by atoms with van der Waals surface area (Å²) in [4.78, 5) is 56.6. The normalized spacial score (nSPS) is 22.8. The van der Waals surface area contributed by atoms with Gasteiger partial charge in [0.1, 0.15) is 29.2 Å². The summed E-state index contributed by atoms with van der Waals surface area (Å²) in [6, 6.07) is -0.449. The lowest BCUT2D eigenvalue weighted by atomic mass is 9.77. The number of aromatic nitrogens is 2. The van der Waals surface area contributed by atoms with E-state index in [1.165, 1.54) is 29.5 Å². The lowest BCUT2D eigenvalue weighted by Crippen LogP contribution is -2.63. The number of rotatable bonds is 7. The minimum absolute atomic E-state index is 0.0173. The molecule has 0 unspecified atom stereocenters. The van der Waals surface area contributed by atoms with Crippen LogP contribution in [0.5, 0.6) is 0 Å². The van der Waals surface area contributed by atoms with E-state index in [0.717, 1.165) is 0 Å². The number of fused-ring (bicyclic) bond motifs is 2. The van der Waals surface area contributed by atoms with Crippen LogP contribution < -0.4 is 0 Å². The van der Waals surface area contributed by atoms with Gasteiger partial charge in [-0.3, -0.25) is 18.8 Å². The predicted octanol–water partition coefficient (Wildman–Crippen LogP) is 1.23. The number of imidazole rings is 1. The van der Waals surface area contributed by atoms with E-state index in [-0.39, 0.29) is 17.3 Å². The number of Topliss-reactive ketones (excluding diaryl/α,β-unsaturated/α-hetero) is 1. The molecule has 2 N–H and O–H groups in total. The predicted molar refractivity (Wildman–Crippen MR) is 123 cm³/mol. The van der Waals surface area contributed by atoms with Crippen LogP contribution in [-0.4, -0.2) is 73.7 Å². The van der Waals surface area contributed by atoms with Gasteiger partial charge in [0.05, 0.1) is 28.4 Å². The van der Waals surface area contributed by atoms with Gasteiger partial charge in [-0.25, -0.2) is 9.78 Å². The van der Waals surface area contributed by atoms with E-state index >= 15 is 0 Å². The lowest BCUT2D eigenvalue weighted by Gasteiger charge is -2.46. The quantitative estimate of drug-likeness (QED) is 0.245. The van der Waals surface area contributed by atoms with Crippen LogP contribution in [0.1, 0.15) is 50.0 Å². The van der Waals surface area contributed by atoms with Crippen molar-refractivity contribution in [2.24, 2.45) is 17.3 Å². The number of ketones is 1. The molecule has 2 aromatic heterocycles. The second kappa shape index (κ2) is 8.85. The second-order valence-electron chi connectivity index (χ2n) is 9.73. The second-order valence-corrected chi connectivity index (χ2v) is 10.8. The Morgan fingerprint density at radius 1 is 1.26 bits per heavy atom. The highest BCUT2D eigenvalue weighted by atomic mass is 32.1. The van der Waals surface area contributed by atoms with Crippen LogP contribution in [0.15, 0.2) is 18.2 Å². The molecule has 188 valence electrons. The number of esters is 2. The van der Waals surface area contributed by atoms with Crippen molar-refractivity contribution in [3.63, 3.8) is 0 Å². The number of aliphatic hydroxyl groups excluding tert-OH is 2. The first kappa shape index (κ1) is 25.0. The number of amides is 1. The fourth-order valence-corrected chi connectivity index (χ4v) is 5.73. The van der Waals surface area contributed by atoms with Crippen LogP contribution in [0.4, 0.5) is 0 Å². The van der Waals surface area contributed by atoms with E-state index in [9.17, 15) is 29.4 Å². The Morgan fingerprint density at radius 3 is 2.54 bits per heavy atom. The topological polar surface area (TPSA) is 148 Å². The van der Waals surface area contributed by atoms with Crippen LogP contribution in [0.25, 0.3) is 10.4 Å². The zero-order chi connectivity index (χ0) is 25.8. The zero-order valence-electron chi connectivity index (χ0n) is 20.0. The molecule has 2 aliphatic rings. The number of β-lactam (4-membered cyclic amide) rings is 1. The molecule has 0 radical (unpaired) electrons. The molecule has 2 aromatic rings. The highest BCUT2D eigenvalue weighted by Crippen LogP contribution is 2.51. The molecule has 1 amide bonds. The van der Waals surface area contributed by atoms with Gasteiger partial charge in [0.15, 0.2) is 0 Å². The Morgan fingerprint density at radius 2 is 1.94 bits per heavy atom. The molecule has 1 saturated heterocycles. The highest BCUT2D eigenvalue weighted by molar-refractivity contribution is 7.18. The van der Waals surface area contributed by atoms with Gasteiger partial charge in [0.2, 0.25) is 18.5 Å². The largest absolute Gasteiger partial charge is 0.427 e. The van der Waals surface area contributed by atoms with Crippen LogP contribution in [0, 0.1) is 17.3 Å². The fourth-order valence-electron chi connectivity index (χ4n) is 4.49. The zero-order valence-corrected chi connectivity index (χ0v) is 20.8. The lowest BCUT2D eigenvalue weighted by molar-refractivity contribution is -0.175. The molecule has 11 nitrogen and oxygen atoms in total. The van der Waals surface area contributed by atoms with E-state index in [0.29, 0.717) is 15.3 Å². The summed E-state index contributed by atoms with van der Waals surface area (Å²) in [5, 5.41) is 19.4. The Kier molecular flexibility index (Phi) is 6.32. The monoisotopic (exact) mass is 505 g/mol. The molecule has 0 aromatic carbocycles. The Bertz CT molecular complexity index is 1250. The van der Waals surface area contributed by atoms with Crippen molar-refractivity contribution in [1.29, 1.82) is 0 Å². The smallest absolute Gasteiger partial charge is 0.358 e. The van der Waals surface area contributed by atoms with Gasteiger partial charge in [-0.1, -0.05) is 6.92 Å². The minimum atomic E-state index is -0.910. The number of hydrogen-bond acceptors (Lipinski definition) is 10. The molecule has 4 atom stereocenters. The third kappa shape index (κ3) is 4.05. The van der Waals surface area contributed by atoms with E-state index in [2.05, 4.69) is 4.98 Å². The van der Waals surface area contributed by atoms with Crippen LogP contribution in [0.2, 0.25) is 0 Å². The first-order valence-electron chi connectivity index (χ1n) is 11.1. The Balaban J connectivity index is 1.71. The molecule has 0 aliphatic carbocycles. The summed E-state index contributed by atoms with van der Waals surface area (Å²) in [5.41, 5.74) is -0.133. The summed E-state index contributed by atoms with van der Waals surface area (Å²) in [6.07, 6.45) is 2.21. The maximum atomic E-state index is 13.2. The molecule has 35 heavy (non-hydrogen) atoms. The van der Waals surface area contributed by atoms with Crippen LogP contribution >= 0.6 is 11.3 Å². The summed E-state index contributed by atoms with van der Waals surface area (Å²) in [7, 11) is 0. The van der Waals surface area contributed by atoms with Crippen molar-refractivity contribution in [3.05, 3.63) is 28.8 Å². The van der Waals surface area contributed by atoms with Crippen molar-refractivity contribution in [2.45, 2.75) is 46.8 Å². The van der Waals surface area contributed by atoms with E-state index in [4.69, 9.17) is 9.47 Å².